The van der Waals surface area contributed by atoms with Crippen LogP contribution in [-0.2, 0) is 6.54 Å². The molecule has 6 heteroatoms. The first kappa shape index (κ1) is 13.8. The summed E-state index contributed by atoms with van der Waals surface area (Å²) in [4.78, 5) is 4.37. The van der Waals surface area contributed by atoms with Gasteiger partial charge in [-0.05, 0) is 43.7 Å². The lowest BCUT2D eigenvalue weighted by Gasteiger charge is -2.05. The van der Waals surface area contributed by atoms with E-state index in [0.29, 0.717) is 0 Å². The first-order chi connectivity index (χ1) is 11.3. The molecule has 4 rings (SSSR count). The third-order valence-corrected chi connectivity index (χ3v) is 3.95. The standard InChI is InChI=1S/C17H18N6/c1-3-9-23-15-7-6-12(10-13(15)11(2)22-23)19-17-16-14(20-21-17)5-4-8-18-16/h4-8,10H,3,9H2,1-2H3,(H2,19,20,21). The van der Waals surface area contributed by atoms with Gasteiger partial charge in [-0.1, -0.05) is 6.92 Å². The van der Waals surface area contributed by atoms with Crippen LogP contribution in [0.4, 0.5) is 11.5 Å². The predicted molar refractivity (Wildman–Crippen MR) is 91.9 cm³/mol. The first-order valence-electron chi connectivity index (χ1n) is 7.79. The Balaban J connectivity index is 1.73. The number of hydrogen-bond donors (Lipinski definition) is 2. The third-order valence-electron chi connectivity index (χ3n) is 3.95. The Bertz CT molecular complexity index is 981. The van der Waals surface area contributed by atoms with E-state index < -0.39 is 0 Å². The molecule has 3 heterocycles. The van der Waals surface area contributed by atoms with Gasteiger partial charge in [0.1, 0.15) is 5.52 Å². The maximum atomic E-state index is 4.62. The number of nitrogens with one attached hydrogen (secondary N) is 2. The van der Waals surface area contributed by atoms with E-state index in [9.17, 15) is 0 Å². The normalized spacial score (nSPS) is 11.4. The van der Waals surface area contributed by atoms with E-state index in [1.807, 2.05) is 19.1 Å². The van der Waals surface area contributed by atoms with Crippen molar-refractivity contribution in [3.63, 3.8) is 0 Å². The van der Waals surface area contributed by atoms with E-state index in [-0.39, 0.29) is 0 Å². The topological polar surface area (TPSA) is 71.4 Å². The number of anilines is 2. The molecule has 0 spiro atoms. The molecule has 0 unspecified atom stereocenters. The molecular weight excluding hydrogens is 288 g/mol. The second-order valence-corrected chi connectivity index (χ2v) is 5.64. The van der Waals surface area contributed by atoms with Crippen molar-refractivity contribution in [2.45, 2.75) is 26.8 Å². The monoisotopic (exact) mass is 306 g/mol. The summed E-state index contributed by atoms with van der Waals surface area (Å²) in [7, 11) is 0. The molecule has 4 aromatic rings. The summed E-state index contributed by atoms with van der Waals surface area (Å²) in [6, 6.07) is 10.1. The highest BCUT2D eigenvalue weighted by Gasteiger charge is 2.10. The molecule has 0 amide bonds. The molecule has 6 nitrogen and oxygen atoms in total. The number of hydrogen-bond acceptors (Lipinski definition) is 4. The van der Waals surface area contributed by atoms with Gasteiger partial charge in [0.25, 0.3) is 0 Å². The van der Waals surface area contributed by atoms with Gasteiger partial charge in [-0.15, -0.1) is 0 Å². The molecule has 0 aliphatic heterocycles. The average Bonchev–Trinajstić information content (AvgIpc) is 3.10. The van der Waals surface area contributed by atoms with Crippen LogP contribution in [0, 0.1) is 6.92 Å². The van der Waals surface area contributed by atoms with Gasteiger partial charge in [0, 0.05) is 23.8 Å². The highest BCUT2D eigenvalue weighted by atomic mass is 15.3. The number of aromatic nitrogens is 5. The fourth-order valence-corrected chi connectivity index (χ4v) is 2.88. The van der Waals surface area contributed by atoms with Crippen molar-refractivity contribution in [1.82, 2.24) is 25.0 Å². The number of fused-ring (bicyclic) bond motifs is 2. The lowest BCUT2D eigenvalue weighted by atomic mass is 10.2. The number of aromatic amines is 1. The van der Waals surface area contributed by atoms with Crippen LogP contribution >= 0.6 is 0 Å². The van der Waals surface area contributed by atoms with Gasteiger partial charge in [0.15, 0.2) is 5.82 Å². The molecule has 0 aliphatic carbocycles. The van der Waals surface area contributed by atoms with Crippen molar-refractivity contribution in [1.29, 1.82) is 0 Å². The number of H-pyrrole nitrogens is 1. The van der Waals surface area contributed by atoms with Crippen molar-refractivity contribution in [3.8, 4) is 0 Å². The number of rotatable bonds is 4. The fourth-order valence-electron chi connectivity index (χ4n) is 2.88. The number of nitrogens with zero attached hydrogens (tertiary/aromatic N) is 4. The zero-order valence-electron chi connectivity index (χ0n) is 13.2. The Morgan fingerprint density at radius 2 is 2.17 bits per heavy atom. The van der Waals surface area contributed by atoms with Crippen molar-refractivity contribution in [2.75, 3.05) is 5.32 Å². The Morgan fingerprint density at radius 1 is 1.26 bits per heavy atom. The number of pyridine rings is 1. The average molecular weight is 306 g/mol. The smallest absolute Gasteiger partial charge is 0.178 e. The summed E-state index contributed by atoms with van der Waals surface area (Å²) in [5.74, 6) is 0.735. The van der Waals surface area contributed by atoms with Crippen LogP contribution in [-0.4, -0.2) is 25.0 Å². The molecule has 0 saturated heterocycles. The van der Waals surface area contributed by atoms with Gasteiger partial charge in [-0.3, -0.25) is 14.8 Å². The molecule has 0 radical (unpaired) electrons. The van der Waals surface area contributed by atoms with Crippen LogP contribution in [0.15, 0.2) is 36.5 Å². The zero-order valence-corrected chi connectivity index (χ0v) is 13.2. The molecule has 23 heavy (non-hydrogen) atoms. The third kappa shape index (κ3) is 2.32. The summed E-state index contributed by atoms with van der Waals surface area (Å²) in [5, 5.41) is 16.4. The van der Waals surface area contributed by atoms with Gasteiger partial charge in [-0.25, -0.2) is 0 Å². The van der Waals surface area contributed by atoms with Crippen LogP contribution in [0.1, 0.15) is 19.0 Å². The summed E-state index contributed by atoms with van der Waals surface area (Å²) < 4.78 is 2.07. The van der Waals surface area contributed by atoms with Gasteiger partial charge in [0.05, 0.1) is 16.7 Å². The van der Waals surface area contributed by atoms with Crippen LogP contribution in [0.5, 0.6) is 0 Å². The molecule has 2 N–H and O–H groups in total. The van der Waals surface area contributed by atoms with Crippen LogP contribution in [0.3, 0.4) is 0 Å². The summed E-state index contributed by atoms with van der Waals surface area (Å²) in [6.45, 7) is 5.14. The molecule has 0 fully saturated rings. The Hall–Kier alpha value is -2.89. The molecule has 1 aromatic carbocycles. The lowest BCUT2D eigenvalue weighted by molar-refractivity contribution is 0.617. The fraction of sp³-hybridized carbons (Fsp3) is 0.235. The number of aryl methyl sites for hydroxylation is 2. The van der Waals surface area contributed by atoms with E-state index in [1.165, 1.54) is 5.52 Å². The van der Waals surface area contributed by atoms with Crippen LogP contribution < -0.4 is 5.32 Å². The van der Waals surface area contributed by atoms with Gasteiger partial charge in [0.2, 0.25) is 0 Å². The highest BCUT2D eigenvalue weighted by molar-refractivity contribution is 5.90. The highest BCUT2D eigenvalue weighted by Crippen LogP contribution is 2.26. The predicted octanol–water partition coefficient (Wildman–Crippen LogP) is 3.77. The van der Waals surface area contributed by atoms with E-state index in [0.717, 1.165) is 46.6 Å². The van der Waals surface area contributed by atoms with E-state index in [1.54, 1.807) is 6.20 Å². The molecule has 0 aliphatic rings. The van der Waals surface area contributed by atoms with Gasteiger partial charge < -0.3 is 5.32 Å². The quantitative estimate of drug-likeness (QED) is 0.602. The molecular formula is C17H18N6. The minimum Gasteiger partial charge on any atom is -0.337 e. The van der Waals surface area contributed by atoms with Crippen molar-refractivity contribution < 1.29 is 0 Å². The van der Waals surface area contributed by atoms with E-state index in [2.05, 4.69) is 55.4 Å². The molecule has 0 bridgehead atoms. The molecule has 3 aromatic heterocycles. The lowest BCUT2D eigenvalue weighted by Crippen LogP contribution is -1.98. The zero-order chi connectivity index (χ0) is 15.8. The van der Waals surface area contributed by atoms with E-state index >= 15 is 0 Å². The summed E-state index contributed by atoms with van der Waals surface area (Å²) in [5.41, 5.74) is 4.95. The largest absolute Gasteiger partial charge is 0.337 e. The second-order valence-electron chi connectivity index (χ2n) is 5.64. The summed E-state index contributed by atoms with van der Waals surface area (Å²) in [6.07, 6.45) is 2.84. The van der Waals surface area contributed by atoms with Crippen LogP contribution in [0.2, 0.25) is 0 Å². The summed E-state index contributed by atoms with van der Waals surface area (Å²) >= 11 is 0. The Kier molecular flexibility index (Phi) is 3.22. The van der Waals surface area contributed by atoms with Crippen molar-refractivity contribution in [3.05, 3.63) is 42.2 Å². The minimum absolute atomic E-state index is 0.735. The molecule has 116 valence electrons. The first-order valence-corrected chi connectivity index (χ1v) is 7.79. The minimum atomic E-state index is 0.735. The molecule has 0 atom stereocenters. The van der Waals surface area contributed by atoms with E-state index in [4.69, 9.17) is 0 Å². The van der Waals surface area contributed by atoms with Crippen LogP contribution in [0.25, 0.3) is 21.9 Å². The molecule has 0 saturated carbocycles. The maximum absolute atomic E-state index is 4.62. The van der Waals surface area contributed by atoms with Crippen molar-refractivity contribution in [2.24, 2.45) is 0 Å². The van der Waals surface area contributed by atoms with Gasteiger partial charge >= 0.3 is 0 Å². The maximum Gasteiger partial charge on any atom is 0.178 e. The Morgan fingerprint density at radius 3 is 3.04 bits per heavy atom. The Labute approximate surface area is 133 Å². The SMILES string of the molecule is CCCn1nc(C)c2cc(Nc3n[nH]c4cccnc34)ccc21. The second kappa shape index (κ2) is 5.39. The van der Waals surface area contributed by atoms with Crippen molar-refractivity contribution >= 4 is 33.4 Å². The van der Waals surface area contributed by atoms with Gasteiger partial charge in [-0.2, -0.15) is 10.2 Å². The number of benzene rings is 1.